The Balaban J connectivity index is 1.05. The third-order valence-electron chi connectivity index (χ3n) is 8.01. The van der Waals surface area contributed by atoms with E-state index in [-0.39, 0.29) is 0 Å². The Morgan fingerprint density at radius 2 is 1.82 bits per heavy atom. The van der Waals surface area contributed by atoms with Gasteiger partial charge < -0.3 is 15.2 Å². The molecule has 5 aromatic rings. The van der Waals surface area contributed by atoms with Gasteiger partial charge in [0.15, 0.2) is 5.82 Å². The maximum absolute atomic E-state index is 9.40. The number of thiazole rings is 1. The third kappa shape index (κ3) is 4.92. The van der Waals surface area contributed by atoms with Crippen LogP contribution in [0.2, 0.25) is 0 Å². The van der Waals surface area contributed by atoms with Crippen LogP contribution in [0.25, 0.3) is 20.9 Å². The van der Waals surface area contributed by atoms with Gasteiger partial charge in [0.1, 0.15) is 33.2 Å². The summed E-state index contributed by atoms with van der Waals surface area (Å²) in [5.74, 6) is 4.09. The molecule has 4 heterocycles. The van der Waals surface area contributed by atoms with Crippen molar-refractivity contribution in [1.29, 1.82) is 0 Å². The highest BCUT2D eigenvalue weighted by atomic mass is 32.1. The van der Waals surface area contributed by atoms with Gasteiger partial charge in [-0.05, 0) is 73.1 Å². The van der Waals surface area contributed by atoms with Gasteiger partial charge in [-0.25, -0.2) is 15.0 Å². The van der Waals surface area contributed by atoms with Crippen LogP contribution in [-0.4, -0.2) is 49.6 Å². The first-order valence-corrected chi connectivity index (χ1v) is 14.4. The molecule has 202 valence electrons. The molecule has 2 N–H and O–H groups in total. The molecule has 8 nitrogen and oxygen atoms in total. The summed E-state index contributed by atoms with van der Waals surface area (Å²) in [6.07, 6.45) is 3.31. The van der Waals surface area contributed by atoms with Gasteiger partial charge in [0.25, 0.3) is 0 Å². The van der Waals surface area contributed by atoms with Gasteiger partial charge in [0, 0.05) is 43.2 Å². The van der Waals surface area contributed by atoms with Gasteiger partial charge >= 0.3 is 0 Å². The van der Waals surface area contributed by atoms with Crippen molar-refractivity contribution >= 4 is 33.2 Å². The van der Waals surface area contributed by atoms with Crippen LogP contribution in [0.1, 0.15) is 16.8 Å². The van der Waals surface area contributed by atoms with Crippen molar-refractivity contribution in [2.24, 2.45) is 17.8 Å². The van der Waals surface area contributed by atoms with Crippen LogP contribution in [0.5, 0.6) is 11.5 Å². The largest absolute Gasteiger partial charge is 0.455 e. The zero-order valence-corrected chi connectivity index (χ0v) is 23.2. The molecule has 40 heavy (non-hydrogen) atoms. The molecule has 0 bridgehead atoms. The number of nitrogens with zero attached hydrogens (tertiary/aromatic N) is 5. The summed E-state index contributed by atoms with van der Waals surface area (Å²) in [7, 11) is 0. The maximum Gasteiger partial charge on any atom is 0.161 e. The van der Waals surface area contributed by atoms with E-state index in [2.05, 4.69) is 49.4 Å². The number of pyridine rings is 1. The van der Waals surface area contributed by atoms with E-state index in [9.17, 15) is 5.11 Å². The van der Waals surface area contributed by atoms with Crippen molar-refractivity contribution in [3.05, 3.63) is 83.9 Å². The van der Waals surface area contributed by atoms with Crippen LogP contribution in [0, 0.1) is 31.6 Å². The van der Waals surface area contributed by atoms with E-state index in [0.29, 0.717) is 35.9 Å². The first-order chi connectivity index (χ1) is 19.5. The van der Waals surface area contributed by atoms with Gasteiger partial charge in [-0.15, -0.1) is 0 Å². The molecule has 7 rings (SSSR count). The first-order valence-electron chi connectivity index (χ1n) is 13.6. The minimum Gasteiger partial charge on any atom is -0.455 e. The number of aryl methyl sites for hydroxylation is 2. The zero-order valence-electron chi connectivity index (χ0n) is 22.4. The molecule has 3 aromatic heterocycles. The molecule has 1 saturated carbocycles. The van der Waals surface area contributed by atoms with Crippen LogP contribution < -0.4 is 10.1 Å². The number of benzene rings is 2. The molecular formula is C31H30N6O2S. The van der Waals surface area contributed by atoms with Gasteiger partial charge in [-0.2, -0.15) is 0 Å². The number of rotatable bonds is 8. The molecular weight excluding hydrogens is 520 g/mol. The van der Waals surface area contributed by atoms with Gasteiger partial charge in [0.2, 0.25) is 0 Å². The molecule has 0 spiro atoms. The van der Waals surface area contributed by atoms with Gasteiger partial charge in [0.05, 0.1) is 6.20 Å². The number of piperidine rings is 1. The maximum atomic E-state index is 9.40. The van der Waals surface area contributed by atoms with Crippen LogP contribution in [-0.2, 0) is 6.54 Å². The normalized spacial score (nSPS) is 20.0. The average Bonchev–Trinajstić information content (AvgIpc) is 3.26. The Morgan fingerprint density at radius 3 is 2.55 bits per heavy atom. The van der Waals surface area contributed by atoms with E-state index in [1.54, 1.807) is 23.9 Å². The van der Waals surface area contributed by atoms with E-state index in [1.807, 2.05) is 44.2 Å². The Bertz CT molecular complexity index is 1660. The van der Waals surface area contributed by atoms with Crippen molar-refractivity contribution in [2.75, 3.05) is 25.0 Å². The van der Waals surface area contributed by atoms with Crippen molar-refractivity contribution in [3.8, 4) is 22.1 Å². The summed E-state index contributed by atoms with van der Waals surface area (Å²) in [6, 6.07) is 18.5. The lowest BCUT2D eigenvalue weighted by atomic mass is 10.1. The van der Waals surface area contributed by atoms with E-state index in [4.69, 9.17) is 9.72 Å². The molecule has 2 fully saturated rings. The minimum atomic E-state index is 0.342. The van der Waals surface area contributed by atoms with Crippen molar-refractivity contribution in [1.82, 2.24) is 24.8 Å². The van der Waals surface area contributed by atoms with Crippen molar-refractivity contribution in [3.63, 3.8) is 0 Å². The number of aromatic nitrogens is 4. The minimum absolute atomic E-state index is 0.342. The highest BCUT2D eigenvalue weighted by Gasteiger charge is 2.54. The van der Waals surface area contributed by atoms with Gasteiger partial charge in [-0.3, -0.25) is 9.88 Å². The molecule has 9 heteroatoms. The van der Waals surface area contributed by atoms with Crippen LogP contribution in [0.15, 0.2) is 67.1 Å². The molecule has 0 unspecified atom stereocenters. The first kappa shape index (κ1) is 25.1. The number of likely N-dealkylation sites (tertiary alicyclic amines) is 1. The summed E-state index contributed by atoms with van der Waals surface area (Å²) < 4.78 is 6.01. The van der Waals surface area contributed by atoms with E-state index in [1.165, 1.54) is 5.56 Å². The standard InChI is InChI=1S/C31H30N6O2S/c1-18-11-22(8-10-27(18)39-23-9-3-19(2)32-12-23)35-29-28-31(34-17-33-29)40-30(36-28)21-6-4-20(5-7-21)13-37-14-24-25(15-37)26(24)16-38/h3-12,17,24-26,38H,13-16H2,1-2H3,(H,33,34,35)/t24-,25+,26+. The molecule has 1 saturated heterocycles. The molecule has 1 aliphatic heterocycles. The Labute approximate surface area is 236 Å². The number of fused-ring (bicyclic) bond motifs is 2. The average molecular weight is 551 g/mol. The predicted octanol–water partition coefficient (Wildman–Crippen LogP) is 5.97. The van der Waals surface area contributed by atoms with E-state index in [0.717, 1.165) is 63.2 Å². The van der Waals surface area contributed by atoms with E-state index < -0.39 is 0 Å². The number of anilines is 2. The van der Waals surface area contributed by atoms with Crippen LogP contribution in [0.3, 0.4) is 0 Å². The van der Waals surface area contributed by atoms with Gasteiger partial charge in [-0.1, -0.05) is 35.6 Å². The van der Waals surface area contributed by atoms with Crippen LogP contribution in [0.4, 0.5) is 11.5 Å². The van der Waals surface area contributed by atoms with Crippen LogP contribution >= 0.6 is 11.3 Å². The summed E-state index contributed by atoms with van der Waals surface area (Å²) >= 11 is 1.57. The second-order valence-corrected chi connectivity index (χ2v) is 11.8. The van der Waals surface area contributed by atoms with Crippen molar-refractivity contribution in [2.45, 2.75) is 20.4 Å². The number of hydrogen-bond acceptors (Lipinski definition) is 9. The third-order valence-corrected chi connectivity index (χ3v) is 9.02. The zero-order chi connectivity index (χ0) is 27.2. The molecule has 2 aliphatic rings. The summed E-state index contributed by atoms with van der Waals surface area (Å²) in [4.78, 5) is 21.5. The Hall–Kier alpha value is -3.92. The molecule has 0 radical (unpaired) electrons. The highest BCUT2D eigenvalue weighted by Crippen LogP contribution is 2.51. The fourth-order valence-corrected chi connectivity index (χ4v) is 6.65. The quantitative estimate of drug-likeness (QED) is 0.244. The lowest BCUT2D eigenvalue weighted by molar-refractivity contribution is 0.217. The summed E-state index contributed by atoms with van der Waals surface area (Å²) in [5, 5.41) is 13.7. The topological polar surface area (TPSA) is 96.3 Å². The number of ether oxygens (including phenoxy) is 1. The predicted molar refractivity (Wildman–Crippen MR) is 157 cm³/mol. The molecule has 0 amide bonds. The Morgan fingerprint density at radius 1 is 1.00 bits per heavy atom. The van der Waals surface area contributed by atoms with Crippen molar-refractivity contribution < 1.29 is 9.84 Å². The highest BCUT2D eigenvalue weighted by molar-refractivity contribution is 7.21. The SMILES string of the molecule is Cc1ccc(Oc2ccc(Nc3ncnc4sc(-c5ccc(CN6C[C@@H]7[C@@H](CO)[C@@H]7C6)cc5)nc34)cc2C)cn1. The smallest absolute Gasteiger partial charge is 0.161 e. The molecule has 3 atom stereocenters. The number of hydrogen-bond donors (Lipinski definition) is 2. The Kier molecular flexibility index (Phi) is 6.42. The molecule has 1 aliphatic carbocycles. The van der Waals surface area contributed by atoms with E-state index >= 15 is 0 Å². The number of nitrogens with one attached hydrogen (secondary N) is 1. The number of aliphatic hydroxyl groups is 1. The fourth-order valence-electron chi connectivity index (χ4n) is 5.74. The second kappa shape index (κ2) is 10.2. The summed E-state index contributed by atoms with van der Waals surface area (Å²) in [6.45, 7) is 7.46. The monoisotopic (exact) mass is 550 g/mol. The lowest BCUT2D eigenvalue weighted by Gasteiger charge is -2.19. The second-order valence-electron chi connectivity index (χ2n) is 10.8. The summed E-state index contributed by atoms with van der Waals surface area (Å²) in [5.41, 5.74) is 5.98. The lowest BCUT2D eigenvalue weighted by Crippen LogP contribution is -2.24. The fraction of sp³-hybridized carbons (Fsp3) is 0.290. The number of aliphatic hydroxyl groups excluding tert-OH is 1. The molecule has 2 aromatic carbocycles.